The molecule has 0 bridgehead atoms. The summed E-state index contributed by atoms with van der Waals surface area (Å²) in [5.41, 5.74) is -0.248. The highest BCUT2D eigenvalue weighted by molar-refractivity contribution is 7.86. The topological polar surface area (TPSA) is 78.2 Å². The number of nitriles is 1. The van der Waals surface area contributed by atoms with Crippen LogP contribution < -0.4 is 0 Å². The van der Waals surface area contributed by atoms with Crippen LogP contribution in [-0.2, 0) is 10.1 Å². The van der Waals surface area contributed by atoms with Gasteiger partial charge in [0, 0.05) is 0 Å². The second kappa shape index (κ2) is 3.75. The Balaban J connectivity index is 3.72. The molecule has 4 nitrogen and oxygen atoms in total. The van der Waals surface area contributed by atoms with Gasteiger partial charge in [0.2, 0.25) is 0 Å². The van der Waals surface area contributed by atoms with Crippen molar-refractivity contribution >= 4 is 33.3 Å². The van der Waals surface area contributed by atoms with Gasteiger partial charge in [0.05, 0.1) is 15.6 Å². The van der Waals surface area contributed by atoms with E-state index in [4.69, 9.17) is 33.0 Å². The van der Waals surface area contributed by atoms with Crippen LogP contribution in [0.25, 0.3) is 0 Å². The van der Waals surface area contributed by atoms with Crippen LogP contribution in [0.4, 0.5) is 0 Å². The van der Waals surface area contributed by atoms with Gasteiger partial charge in [-0.15, -0.1) is 0 Å². The molecule has 7 heteroatoms. The highest BCUT2D eigenvalue weighted by Crippen LogP contribution is 2.31. The van der Waals surface area contributed by atoms with Crippen LogP contribution in [0.2, 0.25) is 10.0 Å². The summed E-state index contributed by atoms with van der Waals surface area (Å²) in [5.74, 6) is 0. The zero-order valence-corrected chi connectivity index (χ0v) is 8.86. The number of nitrogens with zero attached hydrogens (tertiary/aromatic N) is 1. The zero-order valence-electron chi connectivity index (χ0n) is 6.53. The van der Waals surface area contributed by atoms with E-state index in [1.54, 1.807) is 6.07 Å². The van der Waals surface area contributed by atoms with Crippen LogP contribution in [0.3, 0.4) is 0 Å². The molecule has 1 N–H and O–H groups in total. The molecule has 0 aliphatic rings. The third-order valence-electron chi connectivity index (χ3n) is 1.43. The van der Waals surface area contributed by atoms with E-state index in [9.17, 15) is 8.42 Å². The minimum Gasteiger partial charge on any atom is -0.282 e. The van der Waals surface area contributed by atoms with E-state index in [-0.39, 0.29) is 15.6 Å². The van der Waals surface area contributed by atoms with Crippen LogP contribution >= 0.6 is 23.2 Å². The lowest BCUT2D eigenvalue weighted by Crippen LogP contribution is -2.02. The van der Waals surface area contributed by atoms with Gasteiger partial charge in [-0.05, 0) is 12.1 Å². The second-order valence-corrected chi connectivity index (χ2v) is 4.47. The quantitative estimate of drug-likeness (QED) is 0.776. The normalized spacial score (nSPS) is 11.0. The molecule has 74 valence electrons. The first-order chi connectivity index (χ1) is 6.38. The number of hydrogen-bond donors (Lipinski definition) is 1. The third-order valence-corrected chi connectivity index (χ3v) is 3.28. The second-order valence-electron chi connectivity index (χ2n) is 2.32. The van der Waals surface area contributed by atoms with Gasteiger partial charge in [-0.25, -0.2) is 0 Å². The average Bonchev–Trinajstić information content (AvgIpc) is 2.07. The summed E-state index contributed by atoms with van der Waals surface area (Å²) in [6.07, 6.45) is 0. The average molecular weight is 252 g/mol. The van der Waals surface area contributed by atoms with Crippen LogP contribution in [0, 0.1) is 11.3 Å². The van der Waals surface area contributed by atoms with Crippen LogP contribution in [0.15, 0.2) is 17.0 Å². The van der Waals surface area contributed by atoms with Crippen molar-refractivity contribution in [2.24, 2.45) is 0 Å². The summed E-state index contributed by atoms with van der Waals surface area (Å²) in [6.45, 7) is 0. The first-order valence-corrected chi connectivity index (χ1v) is 5.43. The predicted molar refractivity (Wildman–Crippen MR) is 51.0 cm³/mol. The smallest absolute Gasteiger partial charge is 0.282 e. The molecule has 0 unspecified atom stereocenters. The highest BCUT2D eigenvalue weighted by atomic mass is 35.5. The summed E-state index contributed by atoms with van der Waals surface area (Å²) < 4.78 is 30.5. The van der Waals surface area contributed by atoms with Crippen LogP contribution in [0.5, 0.6) is 0 Å². The molecule has 0 atom stereocenters. The van der Waals surface area contributed by atoms with Crippen molar-refractivity contribution in [3.8, 4) is 6.07 Å². The summed E-state index contributed by atoms with van der Waals surface area (Å²) in [6, 6.07) is 4.03. The van der Waals surface area contributed by atoms with E-state index < -0.39 is 15.0 Å². The van der Waals surface area contributed by atoms with Gasteiger partial charge in [-0.2, -0.15) is 13.7 Å². The lowest BCUT2D eigenvalue weighted by Gasteiger charge is -2.03. The van der Waals surface area contributed by atoms with Crippen molar-refractivity contribution in [1.82, 2.24) is 0 Å². The van der Waals surface area contributed by atoms with Gasteiger partial charge in [0.1, 0.15) is 11.0 Å². The Labute approximate surface area is 90.4 Å². The molecule has 0 heterocycles. The van der Waals surface area contributed by atoms with E-state index in [2.05, 4.69) is 0 Å². The highest BCUT2D eigenvalue weighted by Gasteiger charge is 2.21. The predicted octanol–water partition coefficient (Wildman–Crippen LogP) is 2.11. The SMILES string of the molecule is N#Cc1ccc(Cl)c(Cl)c1S(=O)(=O)O. The molecule has 14 heavy (non-hydrogen) atoms. The van der Waals surface area contributed by atoms with E-state index in [1.807, 2.05) is 0 Å². The minimum atomic E-state index is -4.54. The summed E-state index contributed by atoms with van der Waals surface area (Å²) in [5, 5.41) is 8.17. The van der Waals surface area contributed by atoms with Crippen molar-refractivity contribution in [2.75, 3.05) is 0 Å². The maximum atomic E-state index is 10.8. The monoisotopic (exact) mass is 251 g/mol. The van der Waals surface area contributed by atoms with Crippen molar-refractivity contribution in [1.29, 1.82) is 5.26 Å². The molecule has 0 aromatic heterocycles. The maximum absolute atomic E-state index is 10.8. The summed E-state index contributed by atoms with van der Waals surface area (Å²) in [7, 11) is -4.54. The number of hydrogen-bond acceptors (Lipinski definition) is 3. The Kier molecular flexibility index (Phi) is 3.02. The summed E-state index contributed by atoms with van der Waals surface area (Å²) in [4.78, 5) is -0.658. The fraction of sp³-hybridized carbons (Fsp3) is 0. The Morgan fingerprint density at radius 3 is 2.36 bits per heavy atom. The largest absolute Gasteiger partial charge is 0.297 e. The lowest BCUT2D eigenvalue weighted by atomic mass is 10.2. The van der Waals surface area contributed by atoms with Gasteiger partial charge in [0.25, 0.3) is 10.1 Å². The number of halogens is 2. The third kappa shape index (κ3) is 1.99. The van der Waals surface area contributed by atoms with Gasteiger partial charge in [-0.1, -0.05) is 23.2 Å². The van der Waals surface area contributed by atoms with E-state index in [1.165, 1.54) is 6.07 Å². The van der Waals surface area contributed by atoms with E-state index >= 15 is 0 Å². The number of benzene rings is 1. The van der Waals surface area contributed by atoms with Crippen LogP contribution in [-0.4, -0.2) is 13.0 Å². The first-order valence-electron chi connectivity index (χ1n) is 3.23. The maximum Gasteiger partial charge on any atom is 0.297 e. The fourth-order valence-electron chi connectivity index (χ4n) is 0.872. The molecule has 0 spiro atoms. The molecular weight excluding hydrogens is 249 g/mol. The Hall–Kier alpha value is -0.800. The Bertz CT molecular complexity index is 518. The van der Waals surface area contributed by atoms with Gasteiger partial charge < -0.3 is 0 Å². The molecular formula is C7H3Cl2NO3S. The molecule has 0 saturated heterocycles. The number of rotatable bonds is 1. The standard InChI is InChI=1S/C7H3Cl2NO3S/c8-5-2-1-4(3-10)7(6(5)9)14(11,12)13/h1-2H,(H,11,12,13). The molecule has 1 aromatic carbocycles. The lowest BCUT2D eigenvalue weighted by molar-refractivity contribution is 0.483. The van der Waals surface area contributed by atoms with Crippen molar-refractivity contribution in [3.05, 3.63) is 27.7 Å². The summed E-state index contributed by atoms with van der Waals surface area (Å²) >= 11 is 11.1. The fourth-order valence-corrected chi connectivity index (χ4v) is 2.27. The van der Waals surface area contributed by atoms with Gasteiger partial charge in [-0.3, -0.25) is 4.55 Å². The molecule has 0 aliphatic heterocycles. The molecule has 0 aliphatic carbocycles. The minimum absolute atomic E-state index is 0.0432. The molecule has 0 amide bonds. The molecule has 0 saturated carbocycles. The first kappa shape index (κ1) is 11.3. The zero-order chi connectivity index (χ0) is 10.9. The van der Waals surface area contributed by atoms with Crippen molar-refractivity contribution in [2.45, 2.75) is 4.90 Å². The molecule has 1 rings (SSSR count). The van der Waals surface area contributed by atoms with E-state index in [0.29, 0.717) is 0 Å². The van der Waals surface area contributed by atoms with E-state index in [0.717, 1.165) is 6.07 Å². The molecule has 1 aromatic rings. The van der Waals surface area contributed by atoms with Gasteiger partial charge >= 0.3 is 0 Å². The van der Waals surface area contributed by atoms with Gasteiger partial charge in [0.15, 0.2) is 0 Å². The van der Waals surface area contributed by atoms with Crippen LogP contribution in [0.1, 0.15) is 5.56 Å². The molecule has 0 radical (unpaired) electrons. The Morgan fingerprint density at radius 1 is 1.36 bits per heavy atom. The van der Waals surface area contributed by atoms with Crippen molar-refractivity contribution < 1.29 is 13.0 Å². The van der Waals surface area contributed by atoms with Crippen molar-refractivity contribution in [3.63, 3.8) is 0 Å². The molecule has 0 fully saturated rings. The Morgan fingerprint density at radius 2 is 1.93 bits per heavy atom.